The highest BCUT2D eigenvalue weighted by Gasteiger charge is 2.10. The number of rotatable bonds is 5. The van der Waals surface area contributed by atoms with Crippen molar-refractivity contribution in [1.29, 1.82) is 0 Å². The number of imidazole rings is 1. The van der Waals surface area contributed by atoms with Crippen molar-refractivity contribution in [3.05, 3.63) is 17.7 Å². The summed E-state index contributed by atoms with van der Waals surface area (Å²) in [6.45, 7) is 4.82. The number of nitrogens with zero attached hydrogens (tertiary/aromatic N) is 2. The van der Waals surface area contributed by atoms with Crippen LogP contribution in [0.4, 0.5) is 0 Å². The number of aliphatic carboxylic acids is 1. The standard InChI is InChI=1S/C10H16N2O2/c1-3-4-5-12-7-11-8(2)9(12)6-10(13)14/h7H,3-6H2,1-2H3,(H,13,14). The van der Waals surface area contributed by atoms with E-state index in [2.05, 4.69) is 11.9 Å². The number of carboxylic acid groups (broad SMARTS) is 1. The van der Waals surface area contributed by atoms with Crippen molar-refractivity contribution in [2.24, 2.45) is 0 Å². The van der Waals surface area contributed by atoms with Crippen molar-refractivity contribution in [3.8, 4) is 0 Å². The third-order valence-corrected chi connectivity index (χ3v) is 2.23. The van der Waals surface area contributed by atoms with Crippen LogP contribution in [0.15, 0.2) is 6.33 Å². The predicted molar refractivity (Wildman–Crippen MR) is 53.2 cm³/mol. The third kappa shape index (κ3) is 2.58. The molecule has 0 unspecified atom stereocenters. The Bertz CT molecular complexity index is 318. The number of hydrogen-bond acceptors (Lipinski definition) is 2. The van der Waals surface area contributed by atoms with Gasteiger partial charge in [0.1, 0.15) is 0 Å². The molecule has 0 saturated carbocycles. The molecule has 14 heavy (non-hydrogen) atoms. The molecule has 0 aliphatic rings. The van der Waals surface area contributed by atoms with E-state index in [1.807, 2.05) is 11.5 Å². The quantitative estimate of drug-likeness (QED) is 0.778. The Labute approximate surface area is 83.6 Å². The number of unbranched alkanes of at least 4 members (excludes halogenated alkanes) is 1. The van der Waals surface area contributed by atoms with Crippen LogP contribution < -0.4 is 0 Å². The number of aromatic nitrogens is 2. The first-order valence-electron chi connectivity index (χ1n) is 4.87. The van der Waals surface area contributed by atoms with Crippen LogP contribution in [0.1, 0.15) is 31.2 Å². The number of hydrogen-bond donors (Lipinski definition) is 1. The summed E-state index contributed by atoms with van der Waals surface area (Å²) in [6.07, 6.45) is 3.95. The van der Waals surface area contributed by atoms with Crippen LogP contribution in [0.25, 0.3) is 0 Å². The molecule has 0 saturated heterocycles. The van der Waals surface area contributed by atoms with Crippen molar-refractivity contribution < 1.29 is 9.90 Å². The maximum Gasteiger partial charge on any atom is 0.309 e. The zero-order chi connectivity index (χ0) is 10.6. The van der Waals surface area contributed by atoms with E-state index in [4.69, 9.17) is 5.11 Å². The third-order valence-electron chi connectivity index (χ3n) is 2.23. The fourth-order valence-electron chi connectivity index (χ4n) is 1.40. The second-order valence-corrected chi connectivity index (χ2v) is 3.39. The smallest absolute Gasteiger partial charge is 0.309 e. The van der Waals surface area contributed by atoms with Gasteiger partial charge in [-0.3, -0.25) is 4.79 Å². The molecule has 0 atom stereocenters. The van der Waals surface area contributed by atoms with Gasteiger partial charge in [0, 0.05) is 6.54 Å². The Kier molecular flexibility index (Phi) is 3.68. The summed E-state index contributed by atoms with van der Waals surface area (Å²) in [5.74, 6) is -0.800. The predicted octanol–water partition coefficient (Wildman–Crippen LogP) is 1.62. The Morgan fingerprint density at radius 1 is 1.64 bits per heavy atom. The summed E-state index contributed by atoms with van der Waals surface area (Å²) in [6, 6.07) is 0. The lowest BCUT2D eigenvalue weighted by atomic mass is 10.2. The average Bonchev–Trinajstić information content (AvgIpc) is 2.45. The summed E-state index contributed by atoms with van der Waals surface area (Å²) in [7, 11) is 0. The molecule has 0 radical (unpaired) electrons. The Morgan fingerprint density at radius 2 is 2.36 bits per heavy atom. The van der Waals surface area contributed by atoms with Crippen LogP contribution in [-0.2, 0) is 17.8 Å². The molecule has 0 aliphatic heterocycles. The van der Waals surface area contributed by atoms with Gasteiger partial charge in [-0.25, -0.2) is 4.98 Å². The van der Waals surface area contributed by atoms with E-state index in [0.717, 1.165) is 30.8 Å². The van der Waals surface area contributed by atoms with E-state index >= 15 is 0 Å². The summed E-state index contributed by atoms with van der Waals surface area (Å²) >= 11 is 0. The Morgan fingerprint density at radius 3 is 2.93 bits per heavy atom. The van der Waals surface area contributed by atoms with Gasteiger partial charge >= 0.3 is 5.97 Å². The van der Waals surface area contributed by atoms with Gasteiger partial charge in [-0.2, -0.15) is 0 Å². The first kappa shape index (κ1) is 10.8. The van der Waals surface area contributed by atoms with E-state index in [1.54, 1.807) is 6.33 Å². The highest BCUT2D eigenvalue weighted by Crippen LogP contribution is 2.08. The monoisotopic (exact) mass is 196 g/mol. The van der Waals surface area contributed by atoms with Gasteiger partial charge in [-0.05, 0) is 13.3 Å². The molecule has 1 rings (SSSR count). The van der Waals surface area contributed by atoms with Crippen molar-refractivity contribution in [2.45, 2.75) is 39.7 Å². The minimum Gasteiger partial charge on any atom is -0.481 e. The molecule has 0 fully saturated rings. The van der Waals surface area contributed by atoms with E-state index in [9.17, 15) is 4.79 Å². The maximum atomic E-state index is 10.6. The molecule has 0 amide bonds. The molecule has 1 heterocycles. The first-order chi connectivity index (χ1) is 6.65. The summed E-state index contributed by atoms with van der Waals surface area (Å²) in [4.78, 5) is 14.7. The molecule has 0 aromatic carbocycles. The van der Waals surface area contributed by atoms with Crippen LogP contribution in [0.2, 0.25) is 0 Å². The number of carboxylic acids is 1. The Hall–Kier alpha value is -1.32. The summed E-state index contributed by atoms with van der Waals surface area (Å²) < 4.78 is 1.94. The van der Waals surface area contributed by atoms with Crippen molar-refractivity contribution in [2.75, 3.05) is 0 Å². The molecule has 0 spiro atoms. The second kappa shape index (κ2) is 4.79. The maximum absolute atomic E-state index is 10.6. The van der Waals surface area contributed by atoms with Gasteiger partial charge in [-0.15, -0.1) is 0 Å². The highest BCUT2D eigenvalue weighted by molar-refractivity contribution is 5.69. The fraction of sp³-hybridized carbons (Fsp3) is 0.600. The molecular formula is C10H16N2O2. The molecular weight excluding hydrogens is 180 g/mol. The van der Waals surface area contributed by atoms with Crippen LogP contribution >= 0.6 is 0 Å². The van der Waals surface area contributed by atoms with Crippen molar-refractivity contribution >= 4 is 5.97 Å². The van der Waals surface area contributed by atoms with E-state index in [1.165, 1.54) is 0 Å². The van der Waals surface area contributed by atoms with Crippen molar-refractivity contribution in [1.82, 2.24) is 9.55 Å². The van der Waals surface area contributed by atoms with Gasteiger partial charge in [0.15, 0.2) is 0 Å². The molecule has 1 aromatic heterocycles. The second-order valence-electron chi connectivity index (χ2n) is 3.39. The lowest BCUT2D eigenvalue weighted by Crippen LogP contribution is -2.09. The minimum absolute atomic E-state index is 0.0650. The van der Waals surface area contributed by atoms with Gasteiger partial charge in [0.2, 0.25) is 0 Å². The summed E-state index contributed by atoms with van der Waals surface area (Å²) in [5, 5.41) is 8.72. The largest absolute Gasteiger partial charge is 0.481 e. The topological polar surface area (TPSA) is 55.1 Å². The normalized spacial score (nSPS) is 10.4. The molecule has 0 aliphatic carbocycles. The minimum atomic E-state index is -0.800. The lowest BCUT2D eigenvalue weighted by Gasteiger charge is -2.05. The average molecular weight is 196 g/mol. The van der Waals surface area contributed by atoms with E-state index in [-0.39, 0.29) is 6.42 Å². The highest BCUT2D eigenvalue weighted by atomic mass is 16.4. The van der Waals surface area contributed by atoms with Gasteiger partial charge in [0.05, 0.1) is 24.1 Å². The fourth-order valence-corrected chi connectivity index (χ4v) is 1.40. The van der Waals surface area contributed by atoms with E-state index in [0.29, 0.717) is 0 Å². The van der Waals surface area contributed by atoms with Crippen LogP contribution in [0.3, 0.4) is 0 Å². The molecule has 1 aromatic rings. The van der Waals surface area contributed by atoms with Crippen LogP contribution in [0, 0.1) is 6.92 Å². The SMILES string of the molecule is CCCCn1cnc(C)c1CC(=O)O. The molecule has 78 valence electrons. The van der Waals surface area contributed by atoms with Crippen LogP contribution in [-0.4, -0.2) is 20.6 Å². The van der Waals surface area contributed by atoms with Gasteiger partial charge in [-0.1, -0.05) is 13.3 Å². The van der Waals surface area contributed by atoms with Gasteiger partial charge in [0.25, 0.3) is 0 Å². The van der Waals surface area contributed by atoms with E-state index < -0.39 is 5.97 Å². The van der Waals surface area contributed by atoms with Gasteiger partial charge < -0.3 is 9.67 Å². The van der Waals surface area contributed by atoms with Crippen LogP contribution in [0.5, 0.6) is 0 Å². The Balaban J connectivity index is 2.77. The number of carbonyl (C=O) groups is 1. The molecule has 0 bridgehead atoms. The number of aryl methyl sites for hydroxylation is 2. The molecule has 4 nitrogen and oxygen atoms in total. The zero-order valence-electron chi connectivity index (χ0n) is 8.66. The molecule has 1 N–H and O–H groups in total. The zero-order valence-corrected chi connectivity index (χ0v) is 8.66. The van der Waals surface area contributed by atoms with Crippen molar-refractivity contribution in [3.63, 3.8) is 0 Å². The summed E-state index contributed by atoms with van der Waals surface area (Å²) in [5.41, 5.74) is 1.65. The molecule has 4 heteroatoms. The lowest BCUT2D eigenvalue weighted by molar-refractivity contribution is -0.136. The first-order valence-corrected chi connectivity index (χ1v) is 4.87.